The number of carboxylic acids is 1. The fourth-order valence-corrected chi connectivity index (χ4v) is 14.2. The molecule has 1 heterocycles. The maximum atomic E-state index is 14.5. The molecule has 10 atom stereocenters. The molecule has 4 N–H and O–H groups in total. The largest absolute Gasteiger partial charge is 0.477 e. The number of hydrogen-bond acceptors (Lipinski definition) is 5. The minimum atomic E-state index is -0.964. The highest BCUT2D eigenvalue weighted by molar-refractivity contribution is 7.13. The highest BCUT2D eigenvalue weighted by Crippen LogP contribution is 2.73. The van der Waals surface area contributed by atoms with Crippen LogP contribution >= 0.6 is 11.3 Å². The van der Waals surface area contributed by atoms with Crippen LogP contribution in [0.2, 0.25) is 0 Å². The Hall–Kier alpha value is -2.97. The second-order valence-electron chi connectivity index (χ2n) is 18.6. The second kappa shape index (κ2) is 13.7. The van der Waals surface area contributed by atoms with E-state index in [0.29, 0.717) is 54.0 Å². The number of aliphatic hydroxyl groups is 1. The number of nitrogens with one attached hydrogen (secondary N) is 2. The van der Waals surface area contributed by atoms with Crippen LogP contribution < -0.4 is 10.6 Å². The Balaban J connectivity index is 1.03. The van der Waals surface area contributed by atoms with E-state index >= 15 is 0 Å². The lowest BCUT2D eigenvalue weighted by Gasteiger charge is -2.69. The Morgan fingerprint density at radius 2 is 1.63 bits per heavy atom. The summed E-state index contributed by atoms with van der Waals surface area (Å²) in [7, 11) is 0. The Morgan fingerprint density at radius 1 is 0.885 bits per heavy atom. The van der Waals surface area contributed by atoms with Crippen LogP contribution in [-0.2, 0) is 17.8 Å². The van der Waals surface area contributed by atoms with Crippen molar-refractivity contribution in [2.75, 3.05) is 6.54 Å². The zero-order chi connectivity index (χ0) is 37.2. The van der Waals surface area contributed by atoms with Crippen molar-refractivity contribution in [2.24, 2.45) is 57.2 Å². The molecule has 7 rings (SSSR count). The lowest BCUT2D eigenvalue weighted by Crippen LogP contribution is -2.64. The van der Waals surface area contributed by atoms with Crippen molar-refractivity contribution in [2.45, 2.75) is 118 Å². The van der Waals surface area contributed by atoms with Crippen LogP contribution in [0.3, 0.4) is 0 Å². The van der Waals surface area contributed by atoms with E-state index in [-0.39, 0.29) is 51.0 Å². The van der Waals surface area contributed by atoms with Crippen molar-refractivity contribution in [3.63, 3.8) is 0 Å². The minimum Gasteiger partial charge on any atom is -0.477 e. The molecule has 0 saturated heterocycles. The van der Waals surface area contributed by atoms with Crippen LogP contribution in [-0.4, -0.2) is 40.6 Å². The fraction of sp³-hybridized carbons (Fsp3) is 0.659. The number of rotatable bonds is 9. The van der Waals surface area contributed by atoms with Crippen molar-refractivity contribution in [1.29, 1.82) is 0 Å². The summed E-state index contributed by atoms with van der Waals surface area (Å²) in [5.41, 5.74) is 2.91. The number of amides is 2. The Kier molecular flexibility index (Phi) is 9.85. The maximum absolute atomic E-state index is 14.5. The third-order valence-electron chi connectivity index (χ3n) is 15.8. The van der Waals surface area contributed by atoms with Gasteiger partial charge in [0, 0.05) is 17.0 Å². The summed E-state index contributed by atoms with van der Waals surface area (Å²) in [6.07, 6.45) is 11.4. The maximum Gasteiger partial charge on any atom is 0.345 e. The Labute approximate surface area is 314 Å². The van der Waals surface area contributed by atoms with Gasteiger partial charge in [0.15, 0.2) is 0 Å². The second-order valence-corrected chi connectivity index (χ2v) is 19.7. The molecule has 2 amide bonds. The number of aliphatic hydroxyl groups excluding tert-OH is 1. The van der Waals surface area contributed by atoms with Gasteiger partial charge in [-0.3, -0.25) is 9.59 Å². The van der Waals surface area contributed by atoms with Crippen LogP contribution in [0.5, 0.6) is 0 Å². The molecule has 5 aliphatic carbocycles. The molecule has 2 aromatic rings. The van der Waals surface area contributed by atoms with E-state index in [9.17, 15) is 24.6 Å². The van der Waals surface area contributed by atoms with E-state index in [4.69, 9.17) is 0 Å². The summed E-state index contributed by atoms with van der Waals surface area (Å²) in [5.74, 6) is 2.14. The van der Waals surface area contributed by atoms with Crippen molar-refractivity contribution >= 4 is 29.1 Å². The van der Waals surface area contributed by atoms with Gasteiger partial charge in [0.1, 0.15) is 4.88 Å². The number of thiophene rings is 1. The molecule has 7 nitrogen and oxygen atoms in total. The van der Waals surface area contributed by atoms with Gasteiger partial charge in [0.2, 0.25) is 5.91 Å². The molecule has 10 unspecified atom stereocenters. The average Bonchev–Trinajstić information content (AvgIpc) is 3.76. The first-order chi connectivity index (χ1) is 24.6. The molecule has 52 heavy (non-hydrogen) atoms. The van der Waals surface area contributed by atoms with Gasteiger partial charge in [-0.05, 0) is 159 Å². The standard InChI is InChI=1S/C44H60N2O5S/c1-26(2)30-14-21-44(40(51)45-23-18-27-8-7-9-28(24-27)38(48)46-25-29-10-12-33(52-29)39(49)50)22-15-32-31(37(30)44)11-13-35-42(32,5)19-16-34-41(3,4)36(47)17-20-43(34,35)6/h7-10,12,24,30-32,34-37,47H,1,11,13-23,25H2,2-6H3,(H,45,51)(H,46,48)(H,49,50). The zero-order valence-electron chi connectivity index (χ0n) is 31.9. The highest BCUT2D eigenvalue weighted by atomic mass is 32.1. The van der Waals surface area contributed by atoms with E-state index < -0.39 is 5.97 Å². The quantitative estimate of drug-likeness (QED) is 0.193. The Bertz CT molecular complexity index is 1730. The number of benzene rings is 1. The summed E-state index contributed by atoms with van der Waals surface area (Å²) >= 11 is 1.16. The topological polar surface area (TPSA) is 116 Å². The third-order valence-corrected chi connectivity index (χ3v) is 16.9. The summed E-state index contributed by atoms with van der Waals surface area (Å²) in [6, 6.07) is 10.8. The molecule has 282 valence electrons. The van der Waals surface area contributed by atoms with Gasteiger partial charge >= 0.3 is 5.97 Å². The fourth-order valence-electron chi connectivity index (χ4n) is 13.4. The van der Waals surface area contributed by atoms with Crippen LogP contribution in [0.1, 0.15) is 129 Å². The first-order valence-electron chi connectivity index (χ1n) is 19.9. The number of hydrogen-bond donors (Lipinski definition) is 4. The molecule has 0 radical (unpaired) electrons. The first-order valence-corrected chi connectivity index (χ1v) is 20.7. The van der Waals surface area contributed by atoms with Gasteiger partial charge in [-0.15, -0.1) is 11.3 Å². The van der Waals surface area contributed by atoms with Crippen LogP contribution in [0.15, 0.2) is 48.6 Å². The summed E-state index contributed by atoms with van der Waals surface area (Å²) in [5, 5.41) is 26.5. The van der Waals surface area contributed by atoms with E-state index in [1.807, 2.05) is 18.2 Å². The zero-order valence-corrected chi connectivity index (χ0v) is 32.7. The van der Waals surface area contributed by atoms with Crippen LogP contribution in [0, 0.1) is 57.2 Å². The number of allylic oxidation sites excluding steroid dienone is 1. The molecule has 0 bridgehead atoms. The molecule has 1 aromatic carbocycles. The SMILES string of the molecule is C=C(C)C1CCC2(C(=O)NCCc3cccc(C(=O)NCc4ccc(C(=O)O)s4)c3)CCC3C(CCC4C3(C)CCC3C(C)(C)C(O)CCC34C)C12. The van der Waals surface area contributed by atoms with Gasteiger partial charge in [-0.25, -0.2) is 4.79 Å². The first kappa shape index (κ1) is 37.3. The third kappa shape index (κ3) is 6.08. The number of carbonyl (C=O) groups excluding carboxylic acids is 2. The minimum absolute atomic E-state index is 0.0467. The molecule has 1 aromatic heterocycles. The van der Waals surface area contributed by atoms with Crippen molar-refractivity contribution in [1.82, 2.24) is 10.6 Å². The predicted octanol–water partition coefficient (Wildman–Crippen LogP) is 8.66. The molecular weight excluding hydrogens is 669 g/mol. The average molecular weight is 729 g/mol. The van der Waals surface area contributed by atoms with Crippen LogP contribution in [0.25, 0.3) is 0 Å². The monoisotopic (exact) mass is 728 g/mol. The van der Waals surface area contributed by atoms with E-state index in [0.717, 1.165) is 60.3 Å². The summed E-state index contributed by atoms with van der Waals surface area (Å²) < 4.78 is 0. The summed E-state index contributed by atoms with van der Waals surface area (Å²) in [6.45, 7) is 17.3. The van der Waals surface area contributed by atoms with Gasteiger partial charge in [-0.1, -0.05) is 52.0 Å². The number of fused-ring (bicyclic) bond motifs is 7. The van der Waals surface area contributed by atoms with Crippen molar-refractivity contribution in [3.05, 3.63) is 69.4 Å². The molecule has 5 saturated carbocycles. The lowest BCUT2D eigenvalue weighted by atomic mass is 9.36. The molecule has 8 heteroatoms. The normalized spacial score (nSPS) is 37.5. The van der Waals surface area contributed by atoms with Gasteiger partial charge < -0.3 is 20.8 Å². The lowest BCUT2D eigenvalue weighted by molar-refractivity contribution is -0.216. The van der Waals surface area contributed by atoms with Gasteiger partial charge in [0.25, 0.3) is 5.91 Å². The summed E-state index contributed by atoms with van der Waals surface area (Å²) in [4.78, 5) is 39.7. The number of carboxylic acid groups (broad SMARTS) is 1. The van der Waals surface area contributed by atoms with Gasteiger partial charge in [-0.2, -0.15) is 0 Å². The molecule has 5 aliphatic rings. The van der Waals surface area contributed by atoms with Crippen molar-refractivity contribution in [3.8, 4) is 0 Å². The molecular formula is C44H60N2O5S. The van der Waals surface area contributed by atoms with Gasteiger partial charge in [0.05, 0.1) is 18.1 Å². The predicted molar refractivity (Wildman–Crippen MR) is 206 cm³/mol. The molecule has 0 spiro atoms. The number of carbonyl (C=O) groups is 3. The highest BCUT2D eigenvalue weighted by Gasteiger charge is 2.68. The van der Waals surface area contributed by atoms with Crippen molar-refractivity contribution < 1.29 is 24.6 Å². The van der Waals surface area contributed by atoms with E-state index in [1.165, 1.54) is 31.3 Å². The number of aromatic carboxylic acids is 1. The van der Waals surface area contributed by atoms with E-state index in [2.05, 4.69) is 51.8 Å². The molecule has 5 fully saturated rings. The van der Waals surface area contributed by atoms with Crippen LogP contribution in [0.4, 0.5) is 0 Å². The molecule has 0 aliphatic heterocycles. The smallest absolute Gasteiger partial charge is 0.345 e. The van der Waals surface area contributed by atoms with E-state index in [1.54, 1.807) is 18.2 Å². The Morgan fingerprint density at radius 3 is 2.37 bits per heavy atom.